The molecule has 2 aromatic rings. The van der Waals surface area contributed by atoms with Gasteiger partial charge in [-0.3, -0.25) is 0 Å². The average molecular weight is 242 g/mol. The zero-order valence-corrected chi connectivity index (χ0v) is 11.6. The van der Waals surface area contributed by atoms with E-state index >= 15 is 0 Å². The van der Waals surface area contributed by atoms with E-state index in [1.807, 2.05) is 0 Å². The van der Waals surface area contributed by atoms with Crippen molar-refractivity contribution in [1.82, 2.24) is 9.88 Å². The number of aromatic nitrogens is 1. The molecule has 0 radical (unpaired) electrons. The van der Waals surface area contributed by atoms with Gasteiger partial charge < -0.3 is 9.88 Å². The minimum absolute atomic E-state index is 0.686. The van der Waals surface area contributed by atoms with Gasteiger partial charge in [0.2, 0.25) is 0 Å². The maximum atomic E-state index is 3.62. The van der Waals surface area contributed by atoms with Gasteiger partial charge in [0.15, 0.2) is 0 Å². The molecule has 96 valence electrons. The molecule has 1 N–H and O–H groups in total. The molecule has 1 aromatic heterocycles. The summed E-state index contributed by atoms with van der Waals surface area (Å²) in [6.45, 7) is 2.18. The number of nitrogens with zero attached hydrogens (tertiary/aromatic N) is 1. The Hall–Kier alpha value is -1.28. The van der Waals surface area contributed by atoms with Crippen LogP contribution in [0.15, 0.2) is 18.2 Å². The molecular weight excluding hydrogens is 220 g/mol. The number of benzene rings is 1. The molecule has 0 aliphatic heterocycles. The van der Waals surface area contributed by atoms with E-state index in [0.717, 1.165) is 0 Å². The lowest BCUT2D eigenvalue weighted by molar-refractivity contribution is 0.277. The second-order valence-electron chi connectivity index (χ2n) is 5.84. The van der Waals surface area contributed by atoms with Gasteiger partial charge in [0.25, 0.3) is 0 Å². The number of hydrogen-bond donors (Lipinski definition) is 1. The summed E-state index contributed by atoms with van der Waals surface area (Å²) in [5.74, 6) is 0. The highest BCUT2D eigenvalue weighted by molar-refractivity contribution is 5.85. The molecule has 0 fully saturated rings. The first-order valence-electron chi connectivity index (χ1n) is 6.91. The fraction of sp³-hybridized carbons (Fsp3) is 0.500. The molecule has 1 unspecified atom stereocenters. The molecule has 0 bridgehead atoms. The van der Waals surface area contributed by atoms with Gasteiger partial charge in [0.05, 0.1) is 0 Å². The van der Waals surface area contributed by atoms with E-state index in [9.17, 15) is 0 Å². The van der Waals surface area contributed by atoms with E-state index in [2.05, 4.69) is 49.1 Å². The molecule has 0 saturated heterocycles. The highest BCUT2D eigenvalue weighted by Crippen LogP contribution is 2.30. The van der Waals surface area contributed by atoms with Crippen molar-refractivity contribution < 1.29 is 0 Å². The van der Waals surface area contributed by atoms with Crippen LogP contribution in [-0.2, 0) is 12.8 Å². The van der Waals surface area contributed by atoms with Crippen LogP contribution in [0.25, 0.3) is 10.9 Å². The summed E-state index contributed by atoms with van der Waals surface area (Å²) in [5.41, 5.74) is 5.70. The lowest BCUT2D eigenvalue weighted by atomic mass is 10.0. The molecule has 3 rings (SSSR count). The maximum absolute atomic E-state index is 3.62. The zero-order valence-electron chi connectivity index (χ0n) is 11.6. The SMILES string of the molecule is Cc1ccc2[nH]c3c(c2c1)CC(N(C)C)CCC3. The fourth-order valence-corrected chi connectivity index (χ4v) is 3.16. The van der Waals surface area contributed by atoms with E-state index in [1.54, 1.807) is 5.56 Å². The number of aromatic amines is 1. The van der Waals surface area contributed by atoms with Gasteiger partial charge in [-0.25, -0.2) is 0 Å². The van der Waals surface area contributed by atoms with Gasteiger partial charge in [-0.2, -0.15) is 0 Å². The molecule has 0 amide bonds. The van der Waals surface area contributed by atoms with Crippen molar-refractivity contribution >= 4 is 10.9 Å². The summed E-state index contributed by atoms with van der Waals surface area (Å²) in [4.78, 5) is 6.00. The van der Waals surface area contributed by atoms with Crippen LogP contribution in [0.5, 0.6) is 0 Å². The zero-order chi connectivity index (χ0) is 12.7. The Kier molecular flexibility index (Phi) is 2.90. The third-order valence-corrected chi connectivity index (χ3v) is 4.28. The van der Waals surface area contributed by atoms with Gasteiger partial charge in [-0.15, -0.1) is 0 Å². The van der Waals surface area contributed by atoms with E-state index in [-0.39, 0.29) is 0 Å². The van der Waals surface area contributed by atoms with Gasteiger partial charge in [-0.05, 0) is 64.4 Å². The first kappa shape index (κ1) is 11.8. The second kappa shape index (κ2) is 4.43. The van der Waals surface area contributed by atoms with Crippen molar-refractivity contribution in [2.75, 3.05) is 14.1 Å². The van der Waals surface area contributed by atoms with E-state index in [4.69, 9.17) is 0 Å². The van der Waals surface area contributed by atoms with Gasteiger partial charge in [0, 0.05) is 22.6 Å². The first-order chi connectivity index (χ1) is 8.65. The normalized spacial score (nSPS) is 20.1. The Morgan fingerprint density at radius 3 is 2.89 bits per heavy atom. The van der Waals surface area contributed by atoms with Gasteiger partial charge >= 0.3 is 0 Å². The number of hydrogen-bond acceptors (Lipinski definition) is 1. The topological polar surface area (TPSA) is 19.0 Å². The van der Waals surface area contributed by atoms with Crippen molar-refractivity contribution in [3.05, 3.63) is 35.0 Å². The number of nitrogens with one attached hydrogen (secondary N) is 1. The number of H-pyrrole nitrogens is 1. The fourth-order valence-electron chi connectivity index (χ4n) is 3.16. The second-order valence-corrected chi connectivity index (χ2v) is 5.84. The van der Waals surface area contributed by atoms with Crippen molar-refractivity contribution in [1.29, 1.82) is 0 Å². The molecular formula is C16H22N2. The molecule has 2 nitrogen and oxygen atoms in total. The summed E-state index contributed by atoms with van der Waals surface area (Å²) < 4.78 is 0. The van der Waals surface area contributed by atoms with Crippen LogP contribution in [0.3, 0.4) is 0 Å². The summed E-state index contributed by atoms with van der Waals surface area (Å²) in [6.07, 6.45) is 4.99. The predicted molar refractivity (Wildman–Crippen MR) is 77.2 cm³/mol. The van der Waals surface area contributed by atoms with E-state index in [1.165, 1.54) is 47.8 Å². The number of likely N-dealkylation sites (N-methyl/N-ethyl adjacent to an activating group) is 1. The number of rotatable bonds is 1. The Balaban J connectivity index is 2.10. The monoisotopic (exact) mass is 242 g/mol. The summed E-state index contributed by atoms with van der Waals surface area (Å²) >= 11 is 0. The van der Waals surface area contributed by atoms with Crippen molar-refractivity contribution in [2.24, 2.45) is 0 Å². The highest BCUT2D eigenvalue weighted by atomic mass is 15.1. The Labute approximate surface area is 109 Å². The lowest BCUT2D eigenvalue weighted by Gasteiger charge is -2.22. The predicted octanol–water partition coefficient (Wildman–Crippen LogP) is 3.29. The van der Waals surface area contributed by atoms with Crippen molar-refractivity contribution in [3.8, 4) is 0 Å². The summed E-state index contributed by atoms with van der Waals surface area (Å²) in [6, 6.07) is 7.44. The standard InChI is InChI=1S/C16H22N2/c1-11-7-8-16-13(9-11)14-10-12(18(2)3)5-4-6-15(14)17-16/h7-9,12,17H,4-6,10H2,1-3H3. The number of fused-ring (bicyclic) bond motifs is 3. The van der Waals surface area contributed by atoms with Crippen LogP contribution in [-0.4, -0.2) is 30.0 Å². The van der Waals surface area contributed by atoms with Gasteiger partial charge in [0.1, 0.15) is 0 Å². The Bertz CT molecular complexity index is 566. The molecule has 1 atom stereocenters. The molecule has 1 heterocycles. The van der Waals surface area contributed by atoms with Crippen molar-refractivity contribution in [2.45, 2.75) is 38.6 Å². The largest absolute Gasteiger partial charge is 0.358 e. The smallest absolute Gasteiger partial charge is 0.0459 e. The molecule has 1 aliphatic carbocycles. The average Bonchev–Trinajstić information content (AvgIpc) is 2.54. The van der Waals surface area contributed by atoms with Crippen LogP contribution in [0.1, 0.15) is 29.7 Å². The maximum Gasteiger partial charge on any atom is 0.0459 e. The molecule has 1 aliphatic rings. The van der Waals surface area contributed by atoms with Crippen molar-refractivity contribution in [3.63, 3.8) is 0 Å². The third kappa shape index (κ3) is 1.95. The Morgan fingerprint density at radius 1 is 1.28 bits per heavy atom. The van der Waals surface area contributed by atoms with Crippen LogP contribution < -0.4 is 0 Å². The van der Waals surface area contributed by atoms with Gasteiger partial charge in [-0.1, -0.05) is 11.6 Å². The van der Waals surface area contributed by atoms with Crippen LogP contribution in [0, 0.1) is 6.92 Å². The molecule has 1 aromatic carbocycles. The third-order valence-electron chi connectivity index (χ3n) is 4.28. The molecule has 18 heavy (non-hydrogen) atoms. The lowest BCUT2D eigenvalue weighted by Crippen LogP contribution is -2.29. The van der Waals surface area contributed by atoms with Crippen LogP contribution in [0.4, 0.5) is 0 Å². The summed E-state index contributed by atoms with van der Waals surface area (Å²) in [7, 11) is 4.41. The molecule has 0 saturated carbocycles. The van der Waals surface area contributed by atoms with Crippen LogP contribution >= 0.6 is 0 Å². The Morgan fingerprint density at radius 2 is 2.11 bits per heavy atom. The first-order valence-corrected chi connectivity index (χ1v) is 6.91. The van der Waals surface area contributed by atoms with E-state index < -0.39 is 0 Å². The number of aryl methyl sites for hydroxylation is 2. The van der Waals surface area contributed by atoms with Crippen LogP contribution in [0.2, 0.25) is 0 Å². The summed E-state index contributed by atoms with van der Waals surface area (Å²) in [5, 5.41) is 1.44. The molecule has 0 spiro atoms. The van der Waals surface area contributed by atoms with E-state index in [0.29, 0.717) is 6.04 Å². The molecule has 2 heteroatoms. The minimum Gasteiger partial charge on any atom is -0.358 e. The highest BCUT2D eigenvalue weighted by Gasteiger charge is 2.21. The minimum atomic E-state index is 0.686. The quantitative estimate of drug-likeness (QED) is 0.760.